The van der Waals surface area contributed by atoms with Crippen LogP contribution in [0.15, 0.2) is 42.6 Å². The predicted octanol–water partition coefficient (Wildman–Crippen LogP) is 3.72. The lowest BCUT2D eigenvalue weighted by atomic mass is 9.79. The molecule has 138 valence electrons. The molecule has 5 nitrogen and oxygen atoms in total. The lowest BCUT2D eigenvalue weighted by molar-refractivity contribution is 0.0827. The molecule has 2 aromatic rings. The summed E-state index contributed by atoms with van der Waals surface area (Å²) < 4.78 is 5.28. The van der Waals surface area contributed by atoms with Crippen molar-refractivity contribution in [2.24, 2.45) is 0 Å². The first kappa shape index (κ1) is 18.2. The van der Waals surface area contributed by atoms with E-state index in [0.29, 0.717) is 5.56 Å². The van der Waals surface area contributed by atoms with E-state index in [1.54, 1.807) is 32.3 Å². The first-order valence-corrected chi connectivity index (χ1v) is 9.10. The normalized spacial score (nSPS) is 15.5. The first-order valence-electron chi connectivity index (χ1n) is 9.10. The SMILES string of the molecule is COc1ccc(C2(CNc3ccc(C(=O)N(C)C)cn3)CCCC2)cc1. The van der Waals surface area contributed by atoms with Gasteiger partial charge < -0.3 is 15.0 Å². The quantitative estimate of drug-likeness (QED) is 0.860. The van der Waals surface area contributed by atoms with Gasteiger partial charge in [-0.05, 0) is 42.7 Å². The Bertz CT molecular complexity index is 733. The molecular weight excluding hydrogens is 326 g/mol. The average Bonchev–Trinajstić information content (AvgIpc) is 3.16. The van der Waals surface area contributed by atoms with E-state index in [4.69, 9.17) is 4.74 Å². The summed E-state index contributed by atoms with van der Waals surface area (Å²) in [6.07, 6.45) is 6.47. The largest absolute Gasteiger partial charge is 0.497 e. The van der Waals surface area contributed by atoms with Crippen LogP contribution in [0.4, 0.5) is 5.82 Å². The molecule has 0 atom stereocenters. The Morgan fingerprint density at radius 3 is 2.38 bits per heavy atom. The standard InChI is InChI=1S/C21H27N3O2/c1-24(2)20(25)16-6-11-19(22-14-16)23-15-21(12-4-5-13-21)17-7-9-18(26-3)10-8-17/h6-11,14H,4-5,12-13,15H2,1-3H3,(H,22,23). The minimum Gasteiger partial charge on any atom is -0.497 e. The molecule has 1 saturated carbocycles. The summed E-state index contributed by atoms with van der Waals surface area (Å²) in [4.78, 5) is 17.9. The number of aromatic nitrogens is 1. The molecule has 1 aromatic carbocycles. The number of carbonyl (C=O) groups excluding carboxylic acids is 1. The van der Waals surface area contributed by atoms with Gasteiger partial charge in [-0.25, -0.2) is 4.98 Å². The Morgan fingerprint density at radius 2 is 1.85 bits per heavy atom. The van der Waals surface area contributed by atoms with Crippen molar-refractivity contribution in [3.05, 3.63) is 53.7 Å². The van der Waals surface area contributed by atoms with Crippen LogP contribution in [0.3, 0.4) is 0 Å². The van der Waals surface area contributed by atoms with E-state index in [9.17, 15) is 4.79 Å². The van der Waals surface area contributed by atoms with Crippen LogP contribution in [-0.2, 0) is 5.41 Å². The number of nitrogens with zero attached hydrogens (tertiary/aromatic N) is 2. The van der Waals surface area contributed by atoms with Gasteiger partial charge in [0.2, 0.25) is 0 Å². The molecule has 0 radical (unpaired) electrons. The van der Waals surface area contributed by atoms with Crippen molar-refractivity contribution in [2.45, 2.75) is 31.1 Å². The number of hydrogen-bond donors (Lipinski definition) is 1. The number of hydrogen-bond acceptors (Lipinski definition) is 4. The van der Waals surface area contributed by atoms with Gasteiger partial charge in [0.05, 0.1) is 12.7 Å². The molecule has 1 fully saturated rings. The highest BCUT2D eigenvalue weighted by Crippen LogP contribution is 2.41. The third kappa shape index (κ3) is 3.82. The molecule has 0 spiro atoms. The van der Waals surface area contributed by atoms with Crippen LogP contribution in [0.25, 0.3) is 0 Å². The zero-order chi connectivity index (χ0) is 18.6. The van der Waals surface area contributed by atoms with Crippen molar-refractivity contribution >= 4 is 11.7 Å². The minimum absolute atomic E-state index is 0.0328. The zero-order valence-corrected chi connectivity index (χ0v) is 15.8. The molecule has 1 amide bonds. The third-order valence-corrected chi connectivity index (χ3v) is 5.29. The van der Waals surface area contributed by atoms with Crippen LogP contribution < -0.4 is 10.1 Å². The fourth-order valence-electron chi connectivity index (χ4n) is 3.71. The van der Waals surface area contributed by atoms with Gasteiger partial charge in [0.15, 0.2) is 0 Å². The summed E-state index contributed by atoms with van der Waals surface area (Å²) in [7, 11) is 5.18. The van der Waals surface area contributed by atoms with Gasteiger partial charge in [0.25, 0.3) is 5.91 Å². The van der Waals surface area contributed by atoms with Gasteiger partial charge in [0, 0.05) is 32.3 Å². The van der Waals surface area contributed by atoms with Crippen molar-refractivity contribution in [1.29, 1.82) is 0 Å². The van der Waals surface area contributed by atoms with Gasteiger partial charge in [-0.15, -0.1) is 0 Å². The van der Waals surface area contributed by atoms with Crippen LogP contribution in [0.2, 0.25) is 0 Å². The second-order valence-corrected chi connectivity index (χ2v) is 7.20. The molecule has 1 aromatic heterocycles. The second-order valence-electron chi connectivity index (χ2n) is 7.20. The molecule has 3 rings (SSSR count). The minimum atomic E-state index is -0.0328. The van der Waals surface area contributed by atoms with Crippen molar-refractivity contribution < 1.29 is 9.53 Å². The lowest BCUT2D eigenvalue weighted by Gasteiger charge is -2.30. The fourth-order valence-corrected chi connectivity index (χ4v) is 3.71. The predicted molar refractivity (Wildman–Crippen MR) is 104 cm³/mol. The van der Waals surface area contributed by atoms with E-state index in [2.05, 4.69) is 22.4 Å². The molecule has 5 heteroatoms. The Hall–Kier alpha value is -2.56. The topological polar surface area (TPSA) is 54.5 Å². The number of rotatable bonds is 6. The smallest absolute Gasteiger partial charge is 0.254 e. The molecule has 0 saturated heterocycles. The molecule has 1 aliphatic carbocycles. The Labute approximate surface area is 155 Å². The highest BCUT2D eigenvalue weighted by molar-refractivity contribution is 5.93. The average molecular weight is 353 g/mol. The number of nitrogens with one attached hydrogen (secondary N) is 1. The number of pyridine rings is 1. The first-order chi connectivity index (χ1) is 12.5. The van der Waals surface area contributed by atoms with Crippen molar-refractivity contribution in [2.75, 3.05) is 33.1 Å². The number of carbonyl (C=O) groups is 1. The van der Waals surface area contributed by atoms with Gasteiger partial charge in [-0.1, -0.05) is 25.0 Å². The van der Waals surface area contributed by atoms with Crippen LogP contribution in [-0.4, -0.2) is 43.5 Å². The fraction of sp³-hybridized carbons (Fsp3) is 0.429. The van der Waals surface area contributed by atoms with E-state index < -0.39 is 0 Å². The Kier molecular flexibility index (Phi) is 5.45. The van der Waals surface area contributed by atoms with Crippen molar-refractivity contribution in [1.82, 2.24) is 9.88 Å². The van der Waals surface area contributed by atoms with Gasteiger partial charge in [-0.2, -0.15) is 0 Å². The number of benzene rings is 1. The monoisotopic (exact) mass is 353 g/mol. The molecule has 1 N–H and O–H groups in total. The summed E-state index contributed by atoms with van der Waals surface area (Å²) in [5.74, 6) is 1.66. The Morgan fingerprint density at radius 1 is 1.15 bits per heavy atom. The molecular formula is C21H27N3O2. The van der Waals surface area contributed by atoms with E-state index in [-0.39, 0.29) is 11.3 Å². The summed E-state index contributed by atoms with van der Waals surface area (Å²) >= 11 is 0. The van der Waals surface area contributed by atoms with Crippen molar-refractivity contribution in [3.63, 3.8) is 0 Å². The molecule has 1 heterocycles. The maximum absolute atomic E-state index is 12.0. The number of ether oxygens (including phenoxy) is 1. The van der Waals surface area contributed by atoms with Gasteiger partial charge >= 0.3 is 0 Å². The van der Waals surface area contributed by atoms with E-state index in [1.165, 1.54) is 31.2 Å². The van der Waals surface area contributed by atoms with Crippen LogP contribution in [0.1, 0.15) is 41.6 Å². The van der Waals surface area contributed by atoms with E-state index in [1.807, 2.05) is 24.3 Å². The number of anilines is 1. The highest BCUT2D eigenvalue weighted by Gasteiger charge is 2.35. The maximum atomic E-state index is 12.0. The maximum Gasteiger partial charge on any atom is 0.254 e. The Balaban J connectivity index is 1.72. The molecule has 0 aliphatic heterocycles. The summed E-state index contributed by atoms with van der Waals surface area (Å²) in [5, 5.41) is 3.48. The number of methoxy groups -OCH3 is 1. The van der Waals surface area contributed by atoms with Crippen molar-refractivity contribution in [3.8, 4) is 5.75 Å². The van der Waals surface area contributed by atoms with Crippen LogP contribution in [0, 0.1) is 0 Å². The second kappa shape index (κ2) is 7.77. The summed E-state index contributed by atoms with van der Waals surface area (Å²) in [6, 6.07) is 12.1. The van der Waals surface area contributed by atoms with Crippen LogP contribution >= 0.6 is 0 Å². The molecule has 1 aliphatic rings. The summed E-state index contributed by atoms with van der Waals surface area (Å²) in [6.45, 7) is 0.841. The van der Waals surface area contributed by atoms with Crippen LogP contribution in [0.5, 0.6) is 5.75 Å². The zero-order valence-electron chi connectivity index (χ0n) is 15.8. The van der Waals surface area contributed by atoms with E-state index in [0.717, 1.165) is 18.1 Å². The van der Waals surface area contributed by atoms with Gasteiger partial charge in [-0.3, -0.25) is 4.79 Å². The highest BCUT2D eigenvalue weighted by atomic mass is 16.5. The number of amides is 1. The molecule has 26 heavy (non-hydrogen) atoms. The van der Waals surface area contributed by atoms with Gasteiger partial charge in [0.1, 0.15) is 11.6 Å². The molecule has 0 bridgehead atoms. The molecule has 0 unspecified atom stereocenters. The summed E-state index contributed by atoms with van der Waals surface area (Å²) in [5.41, 5.74) is 2.08. The van der Waals surface area contributed by atoms with E-state index >= 15 is 0 Å². The third-order valence-electron chi connectivity index (χ3n) is 5.29. The lowest BCUT2D eigenvalue weighted by Crippen LogP contribution is -2.31.